The fraction of sp³-hybridized carbons (Fsp3) is 0.474. The maximum atomic E-state index is 10.7. The van der Waals surface area contributed by atoms with Gasteiger partial charge in [0.15, 0.2) is 0 Å². The molecule has 1 atom stereocenters. The zero-order valence-corrected chi connectivity index (χ0v) is 17.0. The molecule has 2 aromatic carbocycles. The lowest BCUT2D eigenvalue weighted by Crippen LogP contribution is -2.23. The van der Waals surface area contributed by atoms with Gasteiger partial charge in [-0.05, 0) is 35.8 Å². The Morgan fingerprint density at radius 1 is 1.18 bits per heavy atom. The van der Waals surface area contributed by atoms with Gasteiger partial charge in [-0.1, -0.05) is 55.8 Å². The number of unbranched alkanes of at least 4 members (excludes halogenated alkanes) is 1. The van der Waals surface area contributed by atoms with E-state index in [0.717, 1.165) is 19.4 Å². The van der Waals surface area contributed by atoms with Crippen LogP contribution in [0.2, 0.25) is 0 Å². The average molecular weight is 437 g/mol. The Balaban J connectivity index is 0.000000300. The quantitative estimate of drug-likeness (QED) is 0.368. The molecule has 1 heterocycles. The highest BCUT2D eigenvalue weighted by Gasteiger charge is 2.44. The molecule has 1 saturated heterocycles. The fourth-order valence-corrected chi connectivity index (χ4v) is 4.36. The first-order chi connectivity index (χ1) is 13.1. The van der Waals surface area contributed by atoms with Crippen molar-refractivity contribution in [3.05, 3.63) is 48.0 Å². The molecule has 1 unspecified atom stereocenters. The predicted octanol–water partition coefficient (Wildman–Crippen LogP) is 5.73. The summed E-state index contributed by atoms with van der Waals surface area (Å²) in [5.74, 6) is 1.20. The second-order valence-corrected chi connectivity index (χ2v) is 9.12. The van der Waals surface area contributed by atoms with E-state index in [4.69, 9.17) is 17.7 Å². The molecule has 4 nitrogen and oxygen atoms in total. The van der Waals surface area contributed by atoms with Gasteiger partial charge in [0.2, 0.25) is 0 Å². The zero-order chi connectivity index (χ0) is 20.8. The van der Waals surface area contributed by atoms with Crippen LogP contribution in [0.3, 0.4) is 0 Å². The molecule has 0 spiro atoms. The maximum Gasteiger partial charge on any atom is 0.522 e. The van der Waals surface area contributed by atoms with Crippen LogP contribution in [0.1, 0.15) is 38.2 Å². The highest BCUT2D eigenvalue weighted by molar-refractivity contribution is 8.00. The van der Waals surface area contributed by atoms with Crippen LogP contribution in [-0.4, -0.2) is 30.8 Å². The maximum absolute atomic E-state index is 10.7. The molecule has 1 aliphatic rings. The number of hydrogen-bond acceptors (Lipinski definition) is 4. The fourth-order valence-electron chi connectivity index (χ4n) is 2.96. The van der Waals surface area contributed by atoms with Gasteiger partial charge in [0.25, 0.3) is 0 Å². The van der Waals surface area contributed by atoms with Crippen molar-refractivity contribution in [2.24, 2.45) is 0 Å². The largest absolute Gasteiger partial charge is 0.522 e. The summed E-state index contributed by atoms with van der Waals surface area (Å²) in [6.07, 6.45) is 4.72. The third kappa shape index (κ3) is 5.62. The van der Waals surface area contributed by atoms with E-state index >= 15 is 0 Å². The van der Waals surface area contributed by atoms with Crippen LogP contribution in [0.25, 0.3) is 10.8 Å². The molecule has 1 N–H and O–H groups in total. The second-order valence-electron chi connectivity index (χ2n) is 6.35. The Morgan fingerprint density at radius 3 is 2.39 bits per heavy atom. The summed E-state index contributed by atoms with van der Waals surface area (Å²) in [5.41, 5.74) is -4.17. The highest BCUT2D eigenvalue weighted by atomic mass is 32.2. The molecule has 0 amide bonds. The van der Waals surface area contributed by atoms with E-state index in [1.165, 1.54) is 34.9 Å². The molecule has 28 heavy (non-hydrogen) atoms. The van der Waals surface area contributed by atoms with Crippen LogP contribution in [-0.2, 0) is 19.8 Å². The minimum atomic E-state index is -5.84. The van der Waals surface area contributed by atoms with Crippen LogP contribution in [0.15, 0.2) is 42.5 Å². The van der Waals surface area contributed by atoms with Crippen molar-refractivity contribution < 1.29 is 30.9 Å². The molecule has 0 bridgehead atoms. The lowest BCUT2D eigenvalue weighted by atomic mass is 9.97. The summed E-state index contributed by atoms with van der Waals surface area (Å²) < 4.78 is 63.9. The van der Waals surface area contributed by atoms with Crippen molar-refractivity contribution in [3.8, 4) is 0 Å². The van der Waals surface area contributed by atoms with Crippen molar-refractivity contribution in [3.63, 3.8) is 0 Å². The lowest BCUT2D eigenvalue weighted by Gasteiger charge is -2.30. The average Bonchev–Trinajstić information content (AvgIpc) is 3.10. The van der Waals surface area contributed by atoms with Gasteiger partial charge >= 0.3 is 15.6 Å². The summed E-state index contributed by atoms with van der Waals surface area (Å²) in [4.78, 5) is -0.115. The molecule has 0 radical (unpaired) electrons. The van der Waals surface area contributed by atoms with Gasteiger partial charge in [-0.15, -0.1) is 11.8 Å². The predicted molar refractivity (Wildman–Crippen MR) is 106 cm³/mol. The first kappa shape index (κ1) is 23.0. The molecule has 1 fully saturated rings. The van der Waals surface area contributed by atoms with E-state index in [0.29, 0.717) is 0 Å². The summed E-state index contributed by atoms with van der Waals surface area (Å²) in [7, 11) is -5.84. The van der Waals surface area contributed by atoms with E-state index < -0.39 is 15.6 Å². The smallest absolute Gasteiger partial charge is 0.360 e. The van der Waals surface area contributed by atoms with E-state index in [1.807, 2.05) is 11.8 Å². The molecular formula is C19H23F3O4S2. The molecule has 1 aliphatic heterocycles. The minimum absolute atomic E-state index is 0.115. The monoisotopic (exact) mass is 436 g/mol. The molecular weight excluding hydrogens is 413 g/mol. The summed E-state index contributed by atoms with van der Waals surface area (Å²) in [6.45, 7) is 3.09. The molecule has 9 heteroatoms. The van der Waals surface area contributed by atoms with Crippen molar-refractivity contribution >= 4 is 32.7 Å². The number of fused-ring (bicyclic) bond motifs is 1. The summed E-state index contributed by atoms with van der Waals surface area (Å²) in [6, 6.07) is 15.3. The highest BCUT2D eigenvalue weighted by Crippen LogP contribution is 2.49. The number of hydrogen-bond donors (Lipinski definition) is 1. The molecule has 3 rings (SSSR count). The van der Waals surface area contributed by atoms with Crippen LogP contribution in [0.4, 0.5) is 13.2 Å². The first-order valence-corrected chi connectivity index (χ1v) is 11.3. The topological polar surface area (TPSA) is 63.6 Å². The molecule has 0 aromatic heterocycles. The number of halogens is 3. The summed E-state index contributed by atoms with van der Waals surface area (Å²) >= 11 is 1.99. The Morgan fingerprint density at radius 2 is 1.82 bits per heavy atom. The van der Waals surface area contributed by atoms with Gasteiger partial charge in [0.1, 0.15) is 4.93 Å². The molecule has 156 valence electrons. The van der Waals surface area contributed by atoms with Gasteiger partial charge < -0.3 is 4.74 Å². The number of rotatable bonds is 5. The van der Waals surface area contributed by atoms with Crippen LogP contribution in [0, 0.1) is 0 Å². The van der Waals surface area contributed by atoms with Crippen LogP contribution >= 0.6 is 11.8 Å². The van der Waals surface area contributed by atoms with Crippen LogP contribution < -0.4 is 0 Å². The SMILES string of the molecule is CCCCOC1(c2cccc3ccccc23)CCCS1.O=S(=O)(O)C(F)(F)F. The Kier molecular flexibility index (Phi) is 7.78. The van der Waals surface area contributed by atoms with Gasteiger partial charge in [-0.3, -0.25) is 4.55 Å². The van der Waals surface area contributed by atoms with Crippen molar-refractivity contribution in [2.45, 2.75) is 43.0 Å². The van der Waals surface area contributed by atoms with Gasteiger partial charge in [0.05, 0.1) is 0 Å². The number of alkyl halides is 3. The number of thioether (sulfide) groups is 1. The molecule has 2 aromatic rings. The van der Waals surface area contributed by atoms with E-state index in [-0.39, 0.29) is 4.93 Å². The van der Waals surface area contributed by atoms with E-state index in [2.05, 4.69) is 49.4 Å². The van der Waals surface area contributed by atoms with E-state index in [1.54, 1.807) is 0 Å². The van der Waals surface area contributed by atoms with Crippen molar-refractivity contribution in [2.75, 3.05) is 12.4 Å². The number of ether oxygens (including phenoxy) is 1. The molecule has 0 aliphatic carbocycles. The Bertz CT molecular complexity index is 871. The summed E-state index contributed by atoms with van der Waals surface area (Å²) in [5, 5.41) is 2.66. The van der Waals surface area contributed by atoms with Gasteiger partial charge in [-0.25, -0.2) is 0 Å². The first-order valence-electron chi connectivity index (χ1n) is 8.90. The second kappa shape index (κ2) is 9.47. The molecule has 0 saturated carbocycles. The Hall–Kier alpha value is -1.29. The standard InChI is InChI=1S/C18H22OS.CHF3O3S/c1-2-3-13-19-18(12-7-14-20-18)17-11-6-9-15-8-4-5-10-16(15)17;2-1(3,4)8(5,6)7/h4-6,8-11H,2-3,7,12-14H2,1H3;(H,5,6,7). The van der Waals surface area contributed by atoms with Crippen molar-refractivity contribution in [1.82, 2.24) is 0 Å². The normalized spacial score (nSPS) is 20.0. The third-order valence-electron chi connectivity index (χ3n) is 4.31. The van der Waals surface area contributed by atoms with Gasteiger partial charge in [0, 0.05) is 12.2 Å². The minimum Gasteiger partial charge on any atom is -0.360 e. The zero-order valence-electron chi connectivity index (χ0n) is 15.4. The van der Waals surface area contributed by atoms with Crippen LogP contribution in [0.5, 0.6) is 0 Å². The number of benzene rings is 2. The lowest BCUT2D eigenvalue weighted by molar-refractivity contribution is -0.0510. The van der Waals surface area contributed by atoms with Crippen molar-refractivity contribution in [1.29, 1.82) is 0 Å². The van der Waals surface area contributed by atoms with E-state index in [9.17, 15) is 13.2 Å². The van der Waals surface area contributed by atoms with Gasteiger partial charge in [-0.2, -0.15) is 21.6 Å². The third-order valence-corrected chi connectivity index (χ3v) is 6.40. The Labute approximate surface area is 167 Å².